The van der Waals surface area contributed by atoms with Crippen LogP contribution in [0.1, 0.15) is 23.5 Å². The van der Waals surface area contributed by atoms with Crippen LogP contribution in [0, 0.1) is 12.3 Å². The van der Waals surface area contributed by atoms with E-state index in [1.54, 1.807) is 4.90 Å². The van der Waals surface area contributed by atoms with Crippen LogP contribution in [-0.4, -0.2) is 40.7 Å². The maximum absolute atomic E-state index is 12.2. The van der Waals surface area contributed by atoms with Crippen molar-refractivity contribution in [2.45, 2.75) is 26.2 Å². The van der Waals surface area contributed by atoms with Crippen LogP contribution in [0.5, 0.6) is 0 Å². The van der Waals surface area contributed by atoms with Gasteiger partial charge in [0.05, 0.1) is 22.5 Å². The number of thiazole rings is 1. The summed E-state index contributed by atoms with van der Waals surface area (Å²) in [6, 6.07) is 0. The van der Waals surface area contributed by atoms with Crippen LogP contribution in [0.3, 0.4) is 0 Å². The monoisotopic (exact) mass is 293 g/mol. The highest BCUT2D eigenvalue weighted by atomic mass is 32.1. The predicted octanol–water partition coefficient (Wildman–Crippen LogP) is 0.259. The topological polar surface area (TPSA) is 79.4 Å². The highest BCUT2D eigenvalue weighted by molar-refractivity contribution is 7.09. The molecular formula is C13H15N3O3S. The fourth-order valence-corrected chi connectivity index (χ4v) is 3.47. The second kappa shape index (κ2) is 4.66. The van der Waals surface area contributed by atoms with Crippen molar-refractivity contribution >= 4 is 29.1 Å². The number of aryl methyl sites for hydroxylation is 1. The van der Waals surface area contributed by atoms with Crippen LogP contribution in [0.15, 0.2) is 5.38 Å². The Labute approximate surface area is 120 Å². The Hall–Kier alpha value is -1.76. The van der Waals surface area contributed by atoms with E-state index in [0.29, 0.717) is 19.5 Å². The summed E-state index contributed by atoms with van der Waals surface area (Å²) in [6.07, 6.45) is 1.02. The number of nitrogens with one attached hydrogen (secondary N) is 1. The van der Waals surface area contributed by atoms with Gasteiger partial charge in [-0.3, -0.25) is 19.7 Å². The molecular weight excluding hydrogens is 278 g/mol. The van der Waals surface area contributed by atoms with E-state index in [4.69, 9.17) is 0 Å². The summed E-state index contributed by atoms with van der Waals surface area (Å²) in [5, 5.41) is 5.15. The molecule has 3 heterocycles. The number of hydrogen-bond acceptors (Lipinski definition) is 5. The standard InChI is InChI=1S/C13H15N3O3S/c1-8-14-9(6-20-8)4-11(18)16-3-2-13(7-16)5-10(17)15-12(13)19/h6H,2-5,7H2,1H3,(H,15,17,19). The summed E-state index contributed by atoms with van der Waals surface area (Å²) in [5.74, 6) is -0.499. The number of rotatable bonds is 2. The lowest BCUT2D eigenvalue weighted by molar-refractivity contribution is -0.131. The van der Waals surface area contributed by atoms with Crippen molar-refractivity contribution in [2.24, 2.45) is 5.41 Å². The van der Waals surface area contributed by atoms with Crippen LogP contribution >= 0.6 is 11.3 Å². The van der Waals surface area contributed by atoms with Gasteiger partial charge in [0.1, 0.15) is 0 Å². The van der Waals surface area contributed by atoms with Crippen molar-refractivity contribution in [1.82, 2.24) is 15.2 Å². The number of carbonyl (C=O) groups is 3. The summed E-state index contributed by atoms with van der Waals surface area (Å²) in [7, 11) is 0. The van der Waals surface area contributed by atoms with Gasteiger partial charge in [-0.15, -0.1) is 11.3 Å². The van der Waals surface area contributed by atoms with Gasteiger partial charge in [-0.25, -0.2) is 4.98 Å². The first kappa shape index (κ1) is 13.2. The molecule has 1 aromatic rings. The maximum Gasteiger partial charge on any atom is 0.235 e. The van der Waals surface area contributed by atoms with Gasteiger partial charge < -0.3 is 4.90 Å². The van der Waals surface area contributed by atoms with Crippen LogP contribution in [0.25, 0.3) is 0 Å². The first-order chi connectivity index (χ1) is 9.48. The highest BCUT2D eigenvalue weighted by Gasteiger charge is 2.51. The molecule has 3 rings (SSSR count). The molecule has 2 aliphatic heterocycles. The van der Waals surface area contributed by atoms with Crippen molar-refractivity contribution in [3.05, 3.63) is 16.1 Å². The van der Waals surface area contributed by atoms with Crippen LogP contribution < -0.4 is 5.32 Å². The van der Waals surface area contributed by atoms with Crippen molar-refractivity contribution < 1.29 is 14.4 Å². The zero-order valence-electron chi connectivity index (χ0n) is 11.1. The Kier molecular flexibility index (Phi) is 3.08. The minimum Gasteiger partial charge on any atom is -0.341 e. The third-order valence-electron chi connectivity index (χ3n) is 3.94. The lowest BCUT2D eigenvalue weighted by Crippen LogP contribution is -2.37. The van der Waals surface area contributed by atoms with Gasteiger partial charge in [0, 0.05) is 24.9 Å². The predicted molar refractivity (Wildman–Crippen MR) is 72.0 cm³/mol. The molecule has 106 valence electrons. The third-order valence-corrected chi connectivity index (χ3v) is 4.76. The molecule has 1 aromatic heterocycles. The van der Waals surface area contributed by atoms with E-state index < -0.39 is 5.41 Å². The average molecular weight is 293 g/mol. The van der Waals surface area contributed by atoms with Gasteiger partial charge in [0.25, 0.3) is 0 Å². The van der Waals surface area contributed by atoms with Crippen LogP contribution in [0.2, 0.25) is 0 Å². The molecule has 20 heavy (non-hydrogen) atoms. The van der Waals surface area contributed by atoms with Crippen molar-refractivity contribution in [1.29, 1.82) is 0 Å². The maximum atomic E-state index is 12.2. The first-order valence-corrected chi connectivity index (χ1v) is 7.40. The number of likely N-dealkylation sites (tertiary alicyclic amines) is 1. The number of imide groups is 1. The fraction of sp³-hybridized carbons (Fsp3) is 0.538. The van der Waals surface area contributed by atoms with Gasteiger partial charge >= 0.3 is 0 Å². The molecule has 0 bridgehead atoms. The SMILES string of the molecule is Cc1nc(CC(=O)N2CCC3(CC(=O)NC3=O)C2)cs1. The van der Waals surface area contributed by atoms with E-state index >= 15 is 0 Å². The molecule has 7 heteroatoms. The number of aromatic nitrogens is 1. The molecule has 2 saturated heterocycles. The Balaban J connectivity index is 1.66. The van der Waals surface area contributed by atoms with E-state index in [2.05, 4.69) is 10.3 Å². The molecule has 1 atom stereocenters. The van der Waals surface area contributed by atoms with E-state index in [1.807, 2.05) is 12.3 Å². The molecule has 3 amide bonds. The number of nitrogens with zero attached hydrogens (tertiary/aromatic N) is 2. The summed E-state index contributed by atoms with van der Waals surface area (Å²) in [4.78, 5) is 41.4. The van der Waals surface area contributed by atoms with Gasteiger partial charge in [-0.2, -0.15) is 0 Å². The first-order valence-electron chi connectivity index (χ1n) is 6.52. The molecule has 6 nitrogen and oxygen atoms in total. The fourth-order valence-electron chi connectivity index (χ4n) is 2.86. The highest BCUT2D eigenvalue weighted by Crippen LogP contribution is 2.37. The molecule has 2 aliphatic rings. The minimum absolute atomic E-state index is 0.0284. The van der Waals surface area contributed by atoms with Gasteiger partial charge in [-0.05, 0) is 13.3 Å². The molecule has 1 unspecified atom stereocenters. The summed E-state index contributed by atoms with van der Waals surface area (Å²) >= 11 is 1.52. The zero-order valence-corrected chi connectivity index (χ0v) is 12.0. The summed E-state index contributed by atoms with van der Waals surface area (Å²) < 4.78 is 0. The molecule has 0 radical (unpaired) electrons. The Morgan fingerprint density at radius 1 is 1.55 bits per heavy atom. The smallest absolute Gasteiger partial charge is 0.235 e. The molecule has 0 aromatic carbocycles. The zero-order chi connectivity index (χ0) is 14.3. The largest absolute Gasteiger partial charge is 0.341 e. The second-order valence-electron chi connectivity index (χ2n) is 5.43. The molecule has 1 N–H and O–H groups in total. The minimum atomic E-state index is -0.690. The quantitative estimate of drug-likeness (QED) is 0.793. The van der Waals surface area contributed by atoms with Gasteiger partial charge in [-0.1, -0.05) is 0 Å². The summed E-state index contributed by atoms with van der Waals surface area (Å²) in [5.41, 5.74) is 0.0791. The molecule has 0 aliphatic carbocycles. The van der Waals surface area contributed by atoms with Crippen molar-refractivity contribution in [3.63, 3.8) is 0 Å². The number of amides is 3. The molecule has 2 fully saturated rings. The van der Waals surface area contributed by atoms with Crippen LogP contribution in [0.4, 0.5) is 0 Å². The second-order valence-corrected chi connectivity index (χ2v) is 6.50. The number of hydrogen-bond donors (Lipinski definition) is 1. The Bertz CT molecular complexity index is 597. The van der Waals surface area contributed by atoms with Crippen molar-refractivity contribution in [3.8, 4) is 0 Å². The lowest BCUT2D eigenvalue weighted by Gasteiger charge is -2.20. The normalized spacial score (nSPS) is 25.6. The lowest BCUT2D eigenvalue weighted by atomic mass is 9.85. The van der Waals surface area contributed by atoms with Gasteiger partial charge in [0.2, 0.25) is 17.7 Å². The number of carbonyl (C=O) groups excluding carboxylic acids is 3. The van der Waals surface area contributed by atoms with E-state index in [0.717, 1.165) is 10.7 Å². The third kappa shape index (κ3) is 2.22. The average Bonchev–Trinajstić information content (AvgIpc) is 3.03. The Morgan fingerprint density at radius 3 is 2.95 bits per heavy atom. The molecule has 0 saturated carbocycles. The Morgan fingerprint density at radius 2 is 2.35 bits per heavy atom. The summed E-state index contributed by atoms with van der Waals surface area (Å²) in [6.45, 7) is 2.77. The van der Waals surface area contributed by atoms with E-state index in [-0.39, 0.29) is 30.6 Å². The van der Waals surface area contributed by atoms with Crippen LogP contribution in [-0.2, 0) is 20.8 Å². The van der Waals surface area contributed by atoms with E-state index in [1.165, 1.54) is 11.3 Å². The molecule has 1 spiro atoms. The van der Waals surface area contributed by atoms with E-state index in [9.17, 15) is 14.4 Å². The van der Waals surface area contributed by atoms with Crippen molar-refractivity contribution in [2.75, 3.05) is 13.1 Å². The van der Waals surface area contributed by atoms with Gasteiger partial charge in [0.15, 0.2) is 0 Å².